The second-order valence-corrected chi connectivity index (χ2v) is 9.31. The van der Waals surface area contributed by atoms with E-state index in [1.165, 1.54) is 11.8 Å². The molecule has 1 amide bonds. The number of rotatable bonds is 7. The van der Waals surface area contributed by atoms with Crippen molar-refractivity contribution in [3.63, 3.8) is 0 Å². The van der Waals surface area contributed by atoms with Crippen molar-refractivity contribution in [3.8, 4) is 28.1 Å². The maximum Gasteiger partial charge on any atom is 0.267 e. The lowest BCUT2D eigenvalue weighted by Crippen LogP contribution is -2.14. The molecule has 37 heavy (non-hydrogen) atoms. The molecule has 180 valence electrons. The summed E-state index contributed by atoms with van der Waals surface area (Å²) in [5, 5.41) is 16.2. The quantitative estimate of drug-likeness (QED) is 0.177. The summed E-state index contributed by atoms with van der Waals surface area (Å²) in [6.45, 7) is 2.07. The molecule has 0 unspecified atom stereocenters. The molecule has 0 saturated heterocycles. The third-order valence-corrected chi connectivity index (χ3v) is 6.58. The van der Waals surface area contributed by atoms with Crippen molar-refractivity contribution in [1.82, 2.24) is 4.98 Å². The van der Waals surface area contributed by atoms with Gasteiger partial charge < -0.3 is 15.4 Å². The van der Waals surface area contributed by atoms with E-state index in [4.69, 9.17) is 9.72 Å². The Morgan fingerprint density at radius 3 is 2.35 bits per heavy atom. The number of nitrogens with one attached hydrogen (secondary N) is 2. The summed E-state index contributed by atoms with van der Waals surface area (Å²) in [6, 6.07) is 32.3. The Balaban J connectivity index is 1.21. The number of aryl methyl sites for hydroxylation is 1. The second-order valence-electron chi connectivity index (χ2n) is 8.28. The van der Waals surface area contributed by atoms with Crippen molar-refractivity contribution in [2.24, 2.45) is 0 Å². The number of benzene rings is 4. The fraction of sp³-hybridized carbons (Fsp3) is 0.0333. The van der Waals surface area contributed by atoms with Gasteiger partial charge in [-0.1, -0.05) is 24.3 Å². The van der Waals surface area contributed by atoms with Gasteiger partial charge in [0.1, 0.15) is 28.1 Å². The molecule has 4 aromatic carbocycles. The molecule has 6 nitrogen and oxygen atoms in total. The normalized spacial score (nSPS) is 11.1. The lowest BCUT2D eigenvalue weighted by Gasteiger charge is -2.08. The number of fused-ring (bicyclic) bond motifs is 1. The van der Waals surface area contributed by atoms with Gasteiger partial charge in [0.05, 0.1) is 10.2 Å². The fourth-order valence-corrected chi connectivity index (χ4v) is 4.67. The fourth-order valence-electron chi connectivity index (χ4n) is 3.60. The van der Waals surface area contributed by atoms with E-state index in [0.29, 0.717) is 11.4 Å². The highest BCUT2D eigenvalue weighted by Crippen LogP contribution is 2.31. The van der Waals surface area contributed by atoms with Gasteiger partial charge in [-0.3, -0.25) is 4.79 Å². The number of para-hydroxylation sites is 1. The van der Waals surface area contributed by atoms with Crippen LogP contribution < -0.4 is 15.4 Å². The third kappa shape index (κ3) is 5.84. The molecule has 0 fully saturated rings. The Morgan fingerprint density at radius 2 is 1.62 bits per heavy atom. The summed E-state index contributed by atoms with van der Waals surface area (Å²) < 4.78 is 6.92. The van der Waals surface area contributed by atoms with E-state index in [9.17, 15) is 10.1 Å². The molecule has 0 aliphatic rings. The second kappa shape index (κ2) is 10.8. The van der Waals surface area contributed by atoms with Crippen LogP contribution in [0.25, 0.3) is 20.8 Å². The van der Waals surface area contributed by atoms with Crippen molar-refractivity contribution < 1.29 is 9.53 Å². The van der Waals surface area contributed by atoms with Crippen molar-refractivity contribution in [3.05, 3.63) is 114 Å². The first-order chi connectivity index (χ1) is 18.1. The first-order valence-electron chi connectivity index (χ1n) is 11.6. The van der Waals surface area contributed by atoms with Gasteiger partial charge in [-0.05, 0) is 85.3 Å². The molecule has 5 aromatic rings. The van der Waals surface area contributed by atoms with E-state index >= 15 is 0 Å². The van der Waals surface area contributed by atoms with Gasteiger partial charge in [0.15, 0.2) is 0 Å². The number of hydrogen-bond donors (Lipinski definition) is 2. The van der Waals surface area contributed by atoms with E-state index in [1.54, 1.807) is 35.6 Å². The maximum absolute atomic E-state index is 12.6. The summed E-state index contributed by atoms with van der Waals surface area (Å²) >= 11 is 1.65. The van der Waals surface area contributed by atoms with Gasteiger partial charge in [-0.15, -0.1) is 11.3 Å². The number of carbonyl (C=O) groups is 1. The highest BCUT2D eigenvalue weighted by Gasteiger charge is 2.10. The zero-order valence-electron chi connectivity index (χ0n) is 19.9. The standard InChI is InChI=1S/C30H22N4O2S/c1-20-7-16-27-28(17-20)37-30(34-27)21-8-10-23(11-9-21)32-19-22(18-31)29(35)33-24-12-14-26(15-13-24)36-25-5-3-2-4-6-25/h2-17,19,32H,1H3,(H,33,35)/b22-19-. The smallest absolute Gasteiger partial charge is 0.267 e. The van der Waals surface area contributed by atoms with Gasteiger partial charge in [0.2, 0.25) is 0 Å². The summed E-state index contributed by atoms with van der Waals surface area (Å²) in [6.07, 6.45) is 1.40. The number of carbonyl (C=O) groups excluding carboxylic acids is 1. The molecule has 0 atom stereocenters. The Morgan fingerprint density at radius 1 is 0.919 bits per heavy atom. The van der Waals surface area contributed by atoms with Gasteiger partial charge in [0, 0.05) is 23.1 Å². The van der Waals surface area contributed by atoms with Gasteiger partial charge >= 0.3 is 0 Å². The van der Waals surface area contributed by atoms with Crippen LogP contribution in [0.1, 0.15) is 5.56 Å². The summed E-state index contributed by atoms with van der Waals surface area (Å²) in [5.74, 6) is 0.864. The van der Waals surface area contributed by atoms with E-state index in [1.807, 2.05) is 66.7 Å². The lowest BCUT2D eigenvalue weighted by molar-refractivity contribution is -0.112. The van der Waals surface area contributed by atoms with Crippen LogP contribution in [0.2, 0.25) is 0 Å². The number of amides is 1. The number of nitrogens with zero attached hydrogens (tertiary/aromatic N) is 2. The average molecular weight is 503 g/mol. The molecular weight excluding hydrogens is 480 g/mol. The van der Waals surface area contributed by atoms with Crippen LogP contribution in [0, 0.1) is 18.3 Å². The molecule has 7 heteroatoms. The van der Waals surface area contributed by atoms with Crippen molar-refractivity contribution in [2.75, 3.05) is 10.6 Å². The van der Waals surface area contributed by atoms with Crippen LogP contribution in [-0.2, 0) is 4.79 Å². The minimum absolute atomic E-state index is 0.0461. The Bertz CT molecular complexity index is 1620. The number of thiazole rings is 1. The highest BCUT2D eigenvalue weighted by atomic mass is 32.1. The molecule has 0 radical (unpaired) electrons. The lowest BCUT2D eigenvalue weighted by atomic mass is 10.2. The van der Waals surface area contributed by atoms with Crippen LogP contribution in [-0.4, -0.2) is 10.9 Å². The van der Waals surface area contributed by atoms with Crippen LogP contribution in [0.15, 0.2) is 109 Å². The van der Waals surface area contributed by atoms with Crippen LogP contribution in [0.3, 0.4) is 0 Å². The largest absolute Gasteiger partial charge is 0.457 e. The minimum Gasteiger partial charge on any atom is -0.457 e. The molecule has 0 spiro atoms. The predicted octanol–water partition coefficient (Wildman–Crippen LogP) is 7.52. The number of nitriles is 1. The average Bonchev–Trinajstić information content (AvgIpc) is 3.34. The molecule has 1 aromatic heterocycles. The third-order valence-electron chi connectivity index (χ3n) is 5.52. The molecule has 0 saturated carbocycles. The number of anilines is 2. The van der Waals surface area contributed by atoms with E-state index in [-0.39, 0.29) is 5.57 Å². The van der Waals surface area contributed by atoms with E-state index in [2.05, 4.69) is 29.7 Å². The molecule has 0 aliphatic carbocycles. The van der Waals surface area contributed by atoms with Gasteiger partial charge in [-0.25, -0.2) is 4.98 Å². The molecule has 2 N–H and O–H groups in total. The predicted molar refractivity (Wildman–Crippen MR) is 149 cm³/mol. The monoisotopic (exact) mass is 502 g/mol. The van der Waals surface area contributed by atoms with Crippen LogP contribution in [0.5, 0.6) is 11.5 Å². The van der Waals surface area contributed by atoms with Crippen LogP contribution >= 0.6 is 11.3 Å². The Kier molecular flexibility index (Phi) is 6.93. The zero-order valence-corrected chi connectivity index (χ0v) is 20.8. The molecule has 0 aliphatic heterocycles. The van der Waals surface area contributed by atoms with E-state index in [0.717, 1.165) is 32.2 Å². The van der Waals surface area contributed by atoms with Gasteiger partial charge in [-0.2, -0.15) is 5.26 Å². The van der Waals surface area contributed by atoms with Crippen molar-refractivity contribution in [2.45, 2.75) is 6.92 Å². The number of hydrogen-bond acceptors (Lipinski definition) is 6. The Hall–Kier alpha value is -4.93. The molecule has 0 bridgehead atoms. The molecule has 1 heterocycles. The number of aromatic nitrogens is 1. The number of ether oxygens (including phenoxy) is 1. The molecule has 5 rings (SSSR count). The van der Waals surface area contributed by atoms with Crippen molar-refractivity contribution >= 4 is 38.8 Å². The summed E-state index contributed by atoms with van der Waals surface area (Å²) in [5.41, 5.74) is 4.46. The topological polar surface area (TPSA) is 87.0 Å². The summed E-state index contributed by atoms with van der Waals surface area (Å²) in [7, 11) is 0. The van der Waals surface area contributed by atoms with Crippen molar-refractivity contribution in [1.29, 1.82) is 5.26 Å². The van der Waals surface area contributed by atoms with Crippen LogP contribution in [0.4, 0.5) is 11.4 Å². The first-order valence-corrected chi connectivity index (χ1v) is 12.4. The maximum atomic E-state index is 12.6. The summed E-state index contributed by atoms with van der Waals surface area (Å²) in [4.78, 5) is 17.3. The highest BCUT2D eigenvalue weighted by molar-refractivity contribution is 7.21. The SMILES string of the molecule is Cc1ccc2nc(-c3ccc(N/C=C(/C#N)C(=O)Nc4ccc(Oc5ccccc5)cc4)cc3)sc2c1. The Labute approximate surface area is 218 Å². The van der Waals surface area contributed by atoms with E-state index < -0.39 is 5.91 Å². The first kappa shape index (κ1) is 23.8. The molecular formula is C30H22N4O2S. The zero-order chi connectivity index (χ0) is 25.6. The van der Waals surface area contributed by atoms with Gasteiger partial charge in [0.25, 0.3) is 5.91 Å². The minimum atomic E-state index is -0.506.